The molecule has 21 heavy (non-hydrogen) atoms. The zero-order valence-corrected chi connectivity index (χ0v) is 12.7. The molecule has 7 heteroatoms. The number of hydrogen-bond acceptors (Lipinski definition) is 3. The lowest BCUT2D eigenvalue weighted by Gasteiger charge is -2.22. The number of benzene rings is 1. The highest BCUT2D eigenvalue weighted by molar-refractivity contribution is 6.42. The summed E-state index contributed by atoms with van der Waals surface area (Å²) >= 11 is 11.8. The Balaban J connectivity index is 2.07. The molecule has 0 atom stereocenters. The van der Waals surface area contributed by atoms with Crippen molar-refractivity contribution in [1.29, 1.82) is 0 Å². The number of aromatic amines is 1. The van der Waals surface area contributed by atoms with Gasteiger partial charge in [0.25, 0.3) is 0 Å². The zero-order valence-electron chi connectivity index (χ0n) is 11.2. The number of H-pyrrole nitrogens is 1. The molecule has 0 aliphatic rings. The van der Waals surface area contributed by atoms with Gasteiger partial charge in [-0.25, -0.2) is 0 Å². The lowest BCUT2D eigenvalue weighted by Crippen LogP contribution is -2.34. The van der Waals surface area contributed by atoms with Crippen LogP contribution in [0.25, 0.3) is 0 Å². The molecule has 0 saturated heterocycles. The largest absolute Gasteiger partial charge is 0.395 e. The lowest BCUT2D eigenvalue weighted by atomic mass is 10.2. The minimum Gasteiger partial charge on any atom is -0.395 e. The van der Waals surface area contributed by atoms with Crippen LogP contribution in [0.2, 0.25) is 10.0 Å². The second-order valence-electron chi connectivity index (χ2n) is 4.55. The SMILES string of the molecule is O=C(Cc1ccn[nH]1)N(CCO)Cc1ccc(Cl)c(Cl)c1. The number of carbonyl (C=O) groups is 1. The highest BCUT2D eigenvalue weighted by atomic mass is 35.5. The smallest absolute Gasteiger partial charge is 0.228 e. The van der Waals surface area contributed by atoms with Crippen LogP contribution in [-0.4, -0.2) is 39.3 Å². The Bertz CT molecular complexity index is 602. The van der Waals surface area contributed by atoms with Crippen LogP contribution in [0.3, 0.4) is 0 Å². The van der Waals surface area contributed by atoms with E-state index >= 15 is 0 Å². The molecule has 0 bridgehead atoms. The first-order chi connectivity index (χ1) is 10.1. The van der Waals surface area contributed by atoms with E-state index in [-0.39, 0.29) is 25.5 Å². The molecular weight excluding hydrogens is 313 g/mol. The first-order valence-corrected chi connectivity index (χ1v) is 7.16. The molecule has 5 nitrogen and oxygen atoms in total. The van der Waals surface area contributed by atoms with Crippen molar-refractivity contribution < 1.29 is 9.90 Å². The molecule has 1 heterocycles. The average molecular weight is 328 g/mol. The standard InChI is InChI=1S/C14H15Cl2N3O2/c15-12-2-1-10(7-13(12)16)9-19(5-6-20)14(21)8-11-3-4-17-18-11/h1-4,7,20H,5-6,8-9H2,(H,17,18). The highest BCUT2D eigenvalue weighted by Gasteiger charge is 2.15. The summed E-state index contributed by atoms with van der Waals surface area (Å²) in [5.74, 6) is -0.0978. The van der Waals surface area contributed by atoms with Crippen molar-refractivity contribution in [1.82, 2.24) is 15.1 Å². The monoisotopic (exact) mass is 327 g/mol. The summed E-state index contributed by atoms with van der Waals surface area (Å²) in [6.45, 7) is 0.522. The topological polar surface area (TPSA) is 69.2 Å². The van der Waals surface area contributed by atoms with Crippen molar-refractivity contribution in [2.75, 3.05) is 13.2 Å². The predicted molar refractivity (Wildman–Crippen MR) is 81.3 cm³/mol. The maximum absolute atomic E-state index is 12.3. The van der Waals surface area contributed by atoms with Crippen LogP contribution in [0.1, 0.15) is 11.3 Å². The first kappa shape index (κ1) is 15.8. The number of carbonyl (C=O) groups excluding carboxylic acids is 1. The van der Waals surface area contributed by atoms with Crippen molar-refractivity contribution in [3.05, 3.63) is 51.8 Å². The number of aliphatic hydroxyl groups is 1. The Kier molecular flexibility index (Phi) is 5.61. The van der Waals surface area contributed by atoms with Crippen LogP contribution >= 0.6 is 23.2 Å². The van der Waals surface area contributed by atoms with Gasteiger partial charge in [-0.15, -0.1) is 0 Å². The Morgan fingerprint density at radius 2 is 2.10 bits per heavy atom. The van der Waals surface area contributed by atoms with Crippen molar-refractivity contribution in [3.8, 4) is 0 Å². The minimum absolute atomic E-state index is 0.0978. The molecule has 1 amide bonds. The third-order valence-corrected chi connectivity index (χ3v) is 3.72. The van der Waals surface area contributed by atoms with Gasteiger partial charge in [-0.1, -0.05) is 29.3 Å². The van der Waals surface area contributed by atoms with Crippen LogP contribution in [-0.2, 0) is 17.8 Å². The maximum atomic E-state index is 12.3. The third-order valence-electron chi connectivity index (χ3n) is 2.98. The number of halogens is 2. The molecule has 0 spiro atoms. The number of hydrogen-bond donors (Lipinski definition) is 2. The lowest BCUT2D eigenvalue weighted by molar-refractivity contribution is -0.131. The number of rotatable bonds is 6. The van der Waals surface area contributed by atoms with E-state index in [1.165, 1.54) is 0 Å². The van der Waals surface area contributed by atoms with Crippen molar-refractivity contribution in [2.45, 2.75) is 13.0 Å². The van der Waals surface area contributed by atoms with E-state index in [2.05, 4.69) is 10.2 Å². The first-order valence-electron chi connectivity index (χ1n) is 6.41. The summed E-state index contributed by atoms with van der Waals surface area (Å²) in [5, 5.41) is 16.6. The molecular formula is C14H15Cl2N3O2. The number of nitrogens with one attached hydrogen (secondary N) is 1. The van der Waals surface area contributed by atoms with Gasteiger partial charge in [0.2, 0.25) is 5.91 Å². The molecule has 0 aliphatic carbocycles. The average Bonchev–Trinajstić information content (AvgIpc) is 2.95. The summed E-state index contributed by atoms with van der Waals surface area (Å²) in [7, 11) is 0. The highest BCUT2D eigenvalue weighted by Crippen LogP contribution is 2.23. The van der Waals surface area contributed by atoms with Gasteiger partial charge >= 0.3 is 0 Å². The second-order valence-corrected chi connectivity index (χ2v) is 5.36. The fourth-order valence-electron chi connectivity index (χ4n) is 1.93. The van der Waals surface area contributed by atoms with E-state index in [1.54, 1.807) is 29.3 Å². The number of aliphatic hydroxyl groups excluding tert-OH is 1. The van der Waals surface area contributed by atoms with Gasteiger partial charge in [-0.05, 0) is 23.8 Å². The van der Waals surface area contributed by atoms with Gasteiger partial charge in [0.05, 0.1) is 23.1 Å². The predicted octanol–water partition coefficient (Wildman–Crippen LogP) is 2.28. The summed E-state index contributed by atoms with van der Waals surface area (Å²) in [5.41, 5.74) is 1.59. The molecule has 1 aromatic carbocycles. The molecule has 0 unspecified atom stereocenters. The Labute approximate surface area is 132 Å². The van der Waals surface area contributed by atoms with Gasteiger partial charge in [-0.3, -0.25) is 9.89 Å². The van der Waals surface area contributed by atoms with E-state index in [0.29, 0.717) is 16.6 Å². The molecule has 2 aromatic rings. The summed E-state index contributed by atoms with van der Waals surface area (Å²) in [4.78, 5) is 13.8. The minimum atomic E-state index is -0.101. The molecule has 0 fully saturated rings. The Morgan fingerprint density at radius 3 is 2.71 bits per heavy atom. The van der Waals surface area contributed by atoms with Crippen molar-refractivity contribution >= 4 is 29.1 Å². The Morgan fingerprint density at radius 1 is 1.29 bits per heavy atom. The molecule has 2 N–H and O–H groups in total. The van der Waals surface area contributed by atoms with E-state index in [1.807, 2.05) is 6.07 Å². The van der Waals surface area contributed by atoms with E-state index in [9.17, 15) is 4.79 Å². The quantitative estimate of drug-likeness (QED) is 0.855. The van der Waals surface area contributed by atoms with Gasteiger partial charge in [0, 0.05) is 25.0 Å². The van der Waals surface area contributed by atoms with Crippen LogP contribution < -0.4 is 0 Å². The number of nitrogens with zero attached hydrogens (tertiary/aromatic N) is 2. The second kappa shape index (κ2) is 7.45. The van der Waals surface area contributed by atoms with Crippen molar-refractivity contribution in [3.63, 3.8) is 0 Å². The van der Waals surface area contributed by atoms with Gasteiger partial charge < -0.3 is 10.0 Å². The number of amides is 1. The number of aromatic nitrogens is 2. The fraction of sp³-hybridized carbons (Fsp3) is 0.286. The van der Waals surface area contributed by atoms with E-state index in [0.717, 1.165) is 11.3 Å². The molecule has 0 radical (unpaired) electrons. The van der Waals surface area contributed by atoms with Crippen molar-refractivity contribution in [2.24, 2.45) is 0 Å². The van der Waals surface area contributed by atoms with Crippen LogP contribution in [0.15, 0.2) is 30.5 Å². The van der Waals surface area contributed by atoms with Gasteiger partial charge in [0.15, 0.2) is 0 Å². The van der Waals surface area contributed by atoms with E-state index < -0.39 is 0 Å². The summed E-state index contributed by atoms with van der Waals surface area (Å²) < 4.78 is 0. The maximum Gasteiger partial charge on any atom is 0.228 e. The summed E-state index contributed by atoms with van der Waals surface area (Å²) in [6, 6.07) is 6.96. The third kappa shape index (κ3) is 4.46. The fourth-order valence-corrected chi connectivity index (χ4v) is 2.25. The Hall–Kier alpha value is -1.56. The van der Waals surface area contributed by atoms with Gasteiger partial charge in [-0.2, -0.15) is 5.10 Å². The van der Waals surface area contributed by atoms with Crippen LogP contribution in [0.5, 0.6) is 0 Å². The van der Waals surface area contributed by atoms with Gasteiger partial charge in [0.1, 0.15) is 0 Å². The normalized spacial score (nSPS) is 10.6. The molecule has 0 saturated carbocycles. The molecule has 2 rings (SSSR count). The van der Waals surface area contributed by atoms with Crippen LogP contribution in [0, 0.1) is 0 Å². The summed E-state index contributed by atoms with van der Waals surface area (Å²) in [6.07, 6.45) is 1.80. The molecule has 0 aliphatic heterocycles. The van der Waals surface area contributed by atoms with E-state index in [4.69, 9.17) is 28.3 Å². The molecule has 1 aromatic heterocycles. The zero-order chi connectivity index (χ0) is 15.2. The van der Waals surface area contributed by atoms with Crippen LogP contribution in [0.4, 0.5) is 0 Å². The molecule has 112 valence electrons.